The number of nitrogens with one attached hydrogen (secondary N) is 1. The van der Waals surface area contributed by atoms with Crippen LogP contribution in [0.25, 0.3) is 11.0 Å². The Hall–Kier alpha value is -1.72. The minimum Gasteiger partial charge on any atom is -0.305 e. The highest BCUT2D eigenvalue weighted by molar-refractivity contribution is 5.79. The lowest BCUT2D eigenvalue weighted by Gasteiger charge is -2.23. The first-order chi connectivity index (χ1) is 9.48. The number of nitrogens with zero attached hydrogens (tertiary/aromatic N) is 1. The minimum absolute atomic E-state index is 0.00786. The molecule has 0 unspecified atom stereocenters. The molecule has 108 valence electrons. The van der Waals surface area contributed by atoms with Crippen LogP contribution in [-0.4, -0.2) is 9.55 Å². The normalized spacial score (nSPS) is 17.8. The molecule has 3 nitrogen and oxygen atoms in total. The second-order valence-electron chi connectivity index (χ2n) is 5.29. The highest BCUT2D eigenvalue weighted by Crippen LogP contribution is 2.35. The number of fused-ring (bicyclic) bond motifs is 1. The van der Waals surface area contributed by atoms with E-state index in [0.29, 0.717) is 5.52 Å². The van der Waals surface area contributed by atoms with Crippen LogP contribution < -0.4 is 5.69 Å². The molecule has 3 rings (SSSR count). The fourth-order valence-electron chi connectivity index (χ4n) is 3.09. The Labute approximate surface area is 113 Å². The zero-order chi connectivity index (χ0) is 14.3. The van der Waals surface area contributed by atoms with Crippen LogP contribution in [-0.2, 0) is 6.18 Å². The zero-order valence-corrected chi connectivity index (χ0v) is 10.8. The van der Waals surface area contributed by atoms with Gasteiger partial charge in [-0.05, 0) is 25.0 Å². The molecule has 1 aromatic carbocycles. The third-order valence-electron chi connectivity index (χ3n) is 4.00. The van der Waals surface area contributed by atoms with Crippen molar-refractivity contribution in [1.82, 2.24) is 9.55 Å². The molecule has 6 heteroatoms. The minimum atomic E-state index is -4.46. The SMILES string of the molecule is O=c1[nH]c2c(C(F)(F)F)cccc2n1C1CCCCC1. The molecule has 0 atom stereocenters. The fraction of sp³-hybridized carbons (Fsp3) is 0.500. The summed E-state index contributed by atoms with van der Waals surface area (Å²) in [5.41, 5.74) is -0.961. The molecule has 1 aliphatic carbocycles. The number of hydrogen-bond acceptors (Lipinski definition) is 1. The van der Waals surface area contributed by atoms with Gasteiger partial charge in [0, 0.05) is 6.04 Å². The van der Waals surface area contributed by atoms with Crippen molar-refractivity contribution >= 4 is 11.0 Å². The van der Waals surface area contributed by atoms with Crippen molar-refractivity contribution in [3.8, 4) is 0 Å². The maximum absolute atomic E-state index is 13.0. The number of hydrogen-bond donors (Lipinski definition) is 1. The summed E-state index contributed by atoms with van der Waals surface area (Å²) < 4.78 is 40.4. The lowest BCUT2D eigenvalue weighted by Crippen LogP contribution is -2.23. The van der Waals surface area contributed by atoms with Gasteiger partial charge in [-0.3, -0.25) is 4.57 Å². The number of para-hydroxylation sites is 1. The number of imidazole rings is 1. The average Bonchev–Trinajstić information content (AvgIpc) is 2.74. The third kappa shape index (κ3) is 2.13. The molecular formula is C14H15F3N2O. The van der Waals surface area contributed by atoms with E-state index < -0.39 is 17.4 Å². The number of rotatable bonds is 1. The van der Waals surface area contributed by atoms with Gasteiger partial charge in [0.1, 0.15) is 0 Å². The van der Waals surface area contributed by atoms with Crippen LogP contribution in [0.3, 0.4) is 0 Å². The summed E-state index contributed by atoms with van der Waals surface area (Å²) in [6, 6.07) is 3.95. The van der Waals surface area contributed by atoms with Gasteiger partial charge in [-0.2, -0.15) is 13.2 Å². The lowest BCUT2D eigenvalue weighted by atomic mass is 9.95. The van der Waals surface area contributed by atoms with Crippen LogP contribution >= 0.6 is 0 Å². The molecule has 1 heterocycles. The number of H-pyrrole nitrogens is 1. The van der Waals surface area contributed by atoms with Crippen LogP contribution in [0.2, 0.25) is 0 Å². The van der Waals surface area contributed by atoms with Crippen molar-refractivity contribution < 1.29 is 13.2 Å². The van der Waals surface area contributed by atoms with Gasteiger partial charge >= 0.3 is 11.9 Å². The Morgan fingerprint density at radius 1 is 1.15 bits per heavy atom. The van der Waals surface area contributed by atoms with Gasteiger partial charge in [0.2, 0.25) is 0 Å². The van der Waals surface area contributed by atoms with Gasteiger partial charge in [-0.15, -0.1) is 0 Å². The van der Waals surface area contributed by atoms with E-state index in [2.05, 4.69) is 4.98 Å². The standard InChI is InChI=1S/C14H15F3N2O/c15-14(16,17)10-7-4-8-11-12(10)18-13(20)19(11)9-5-2-1-3-6-9/h4,7-9H,1-3,5-6H2,(H,18,20). The Morgan fingerprint density at radius 2 is 1.85 bits per heavy atom. The highest BCUT2D eigenvalue weighted by Gasteiger charge is 2.34. The first-order valence-corrected chi connectivity index (χ1v) is 6.79. The van der Waals surface area contributed by atoms with Crippen LogP contribution in [0, 0.1) is 0 Å². The molecule has 1 fully saturated rings. The number of aromatic nitrogens is 2. The van der Waals surface area contributed by atoms with Crippen LogP contribution in [0.1, 0.15) is 43.7 Å². The van der Waals surface area contributed by atoms with Gasteiger partial charge < -0.3 is 4.98 Å². The Kier molecular flexibility index (Phi) is 3.11. The molecule has 0 spiro atoms. The summed E-state index contributed by atoms with van der Waals surface area (Å²) in [5.74, 6) is 0. The second-order valence-corrected chi connectivity index (χ2v) is 5.29. The number of aromatic amines is 1. The molecule has 0 amide bonds. The predicted molar refractivity (Wildman–Crippen MR) is 69.7 cm³/mol. The summed E-state index contributed by atoms with van der Waals surface area (Å²) in [6.07, 6.45) is 0.403. The van der Waals surface area contributed by atoms with Gasteiger partial charge in [0.05, 0.1) is 16.6 Å². The summed E-state index contributed by atoms with van der Waals surface area (Å²) in [5, 5.41) is 0. The van der Waals surface area contributed by atoms with Crippen molar-refractivity contribution in [2.45, 2.75) is 44.3 Å². The molecule has 1 saturated carbocycles. The van der Waals surface area contributed by atoms with E-state index in [1.54, 1.807) is 6.07 Å². The number of benzene rings is 1. The van der Waals surface area contributed by atoms with E-state index in [4.69, 9.17) is 0 Å². The van der Waals surface area contributed by atoms with Gasteiger partial charge in [0.15, 0.2) is 0 Å². The third-order valence-corrected chi connectivity index (χ3v) is 4.00. The van der Waals surface area contributed by atoms with Crippen LogP contribution in [0.5, 0.6) is 0 Å². The first kappa shape index (κ1) is 13.3. The van der Waals surface area contributed by atoms with E-state index in [-0.39, 0.29) is 11.6 Å². The summed E-state index contributed by atoms with van der Waals surface area (Å²) in [4.78, 5) is 14.4. The molecular weight excluding hydrogens is 269 g/mol. The van der Waals surface area contributed by atoms with Crippen LogP contribution in [0.15, 0.2) is 23.0 Å². The lowest BCUT2D eigenvalue weighted by molar-refractivity contribution is -0.136. The maximum Gasteiger partial charge on any atom is 0.418 e. The van der Waals surface area contributed by atoms with E-state index in [1.807, 2.05) is 0 Å². The molecule has 2 aromatic rings. The van der Waals surface area contributed by atoms with Crippen molar-refractivity contribution in [1.29, 1.82) is 0 Å². The maximum atomic E-state index is 13.0. The smallest absolute Gasteiger partial charge is 0.305 e. The Morgan fingerprint density at radius 3 is 2.50 bits per heavy atom. The van der Waals surface area contributed by atoms with Gasteiger partial charge in [0.25, 0.3) is 0 Å². The van der Waals surface area contributed by atoms with Crippen molar-refractivity contribution in [2.75, 3.05) is 0 Å². The van der Waals surface area contributed by atoms with E-state index in [1.165, 1.54) is 10.6 Å². The van der Waals surface area contributed by atoms with Gasteiger partial charge in [-0.25, -0.2) is 4.79 Å². The molecule has 0 bridgehead atoms. The van der Waals surface area contributed by atoms with Crippen LogP contribution in [0.4, 0.5) is 13.2 Å². The predicted octanol–water partition coefficient (Wildman–Crippen LogP) is 3.85. The Balaban J connectivity index is 2.19. The molecule has 1 aliphatic rings. The fourth-order valence-corrected chi connectivity index (χ4v) is 3.09. The number of alkyl halides is 3. The highest BCUT2D eigenvalue weighted by atomic mass is 19.4. The molecule has 1 N–H and O–H groups in total. The van der Waals surface area contributed by atoms with E-state index in [9.17, 15) is 18.0 Å². The largest absolute Gasteiger partial charge is 0.418 e. The monoisotopic (exact) mass is 284 g/mol. The molecule has 0 radical (unpaired) electrons. The zero-order valence-electron chi connectivity index (χ0n) is 10.8. The quantitative estimate of drug-likeness (QED) is 0.848. The molecule has 1 aromatic heterocycles. The summed E-state index contributed by atoms with van der Waals surface area (Å²) in [7, 11) is 0. The topological polar surface area (TPSA) is 37.8 Å². The number of halogens is 3. The summed E-state index contributed by atoms with van der Waals surface area (Å²) >= 11 is 0. The molecule has 0 saturated heterocycles. The Bertz CT molecular complexity index is 678. The van der Waals surface area contributed by atoms with Crippen molar-refractivity contribution in [3.05, 3.63) is 34.2 Å². The van der Waals surface area contributed by atoms with Crippen molar-refractivity contribution in [2.24, 2.45) is 0 Å². The average molecular weight is 284 g/mol. The van der Waals surface area contributed by atoms with E-state index in [0.717, 1.165) is 38.2 Å². The van der Waals surface area contributed by atoms with Gasteiger partial charge in [-0.1, -0.05) is 25.3 Å². The molecule has 20 heavy (non-hydrogen) atoms. The van der Waals surface area contributed by atoms with E-state index >= 15 is 0 Å². The first-order valence-electron chi connectivity index (χ1n) is 6.79. The second kappa shape index (κ2) is 4.68. The molecule has 0 aliphatic heterocycles. The van der Waals surface area contributed by atoms with Crippen molar-refractivity contribution in [3.63, 3.8) is 0 Å². The summed E-state index contributed by atoms with van der Waals surface area (Å²) in [6.45, 7) is 0.